The van der Waals surface area contributed by atoms with Crippen molar-refractivity contribution < 1.29 is 17.9 Å². The van der Waals surface area contributed by atoms with Gasteiger partial charge in [-0.1, -0.05) is 19.9 Å². The lowest BCUT2D eigenvalue weighted by molar-refractivity contribution is 0.0623. The number of likely N-dealkylation sites (tertiary alicyclic amines) is 1. The third-order valence-electron chi connectivity index (χ3n) is 4.89. The number of rotatable bonds is 5. The topological polar surface area (TPSA) is 75.7 Å². The summed E-state index contributed by atoms with van der Waals surface area (Å²) < 4.78 is 33.1. The molecule has 28 heavy (non-hydrogen) atoms. The molecule has 0 spiro atoms. The van der Waals surface area contributed by atoms with Crippen LogP contribution in [0, 0.1) is 11.8 Å². The summed E-state index contributed by atoms with van der Waals surface area (Å²) in [6.45, 7) is 5.67. The van der Waals surface area contributed by atoms with Crippen molar-refractivity contribution in [3.8, 4) is 5.75 Å². The van der Waals surface area contributed by atoms with Gasteiger partial charge in [0, 0.05) is 24.3 Å². The molecule has 2 atom stereocenters. The molecule has 1 amide bonds. The highest BCUT2D eigenvalue weighted by Gasteiger charge is 2.27. The molecule has 1 fully saturated rings. The van der Waals surface area contributed by atoms with Crippen LogP contribution in [-0.4, -0.2) is 39.4 Å². The van der Waals surface area contributed by atoms with Crippen molar-refractivity contribution in [2.45, 2.75) is 25.2 Å². The first-order chi connectivity index (χ1) is 13.3. The van der Waals surface area contributed by atoms with Gasteiger partial charge < -0.3 is 9.64 Å². The molecule has 1 N–H and O–H groups in total. The van der Waals surface area contributed by atoms with Gasteiger partial charge in [-0.25, -0.2) is 8.42 Å². The molecule has 0 radical (unpaired) electrons. The summed E-state index contributed by atoms with van der Waals surface area (Å²) in [5.41, 5.74) is 0.815. The van der Waals surface area contributed by atoms with Crippen molar-refractivity contribution in [2.75, 3.05) is 24.9 Å². The lowest BCUT2D eigenvalue weighted by atomic mass is 9.91. The number of ether oxygens (including phenoxy) is 1. The van der Waals surface area contributed by atoms with E-state index >= 15 is 0 Å². The van der Waals surface area contributed by atoms with Gasteiger partial charge in [-0.2, -0.15) is 0 Å². The summed E-state index contributed by atoms with van der Waals surface area (Å²) in [4.78, 5) is 14.8. The Morgan fingerprint density at radius 2 is 1.71 bits per heavy atom. The van der Waals surface area contributed by atoms with E-state index in [1.54, 1.807) is 43.5 Å². The van der Waals surface area contributed by atoms with Crippen molar-refractivity contribution in [1.82, 2.24) is 4.90 Å². The van der Waals surface area contributed by atoms with Crippen LogP contribution in [0.15, 0.2) is 53.4 Å². The molecule has 1 aliphatic rings. The molecule has 150 valence electrons. The third kappa shape index (κ3) is 4.65. The standard InChI is InChI=1S/C21H26N2O4S/c1-15-11-16(2)14-23(13-15)21(24)17-5-4-6-20(12-17)28(25,26)22-18-7-9-19(27-3)10-8-18/h4-10,12,15-16,22H,11,13-14H2,1-3H3/t15-,16-/m0/s1. The minimum atomic E-state index is -3.80. The first kappa shape index (κ1) is 20.2. The van der Waals surface area contributed by atoms with Crippen LogP contribution >= 0.6 is 0 Å². The van der Waals surface area contributed by atoms with Crippen molar-refractivity contribution in [2.24, 2.45) is 11.8 Å². The quantitative estimate of drug-likeness (QED) is 0.829. The summed E-state index contributed by atoms with van der Waals surface area (Å²) in [6.07, 6.45) is 1.10. The monoisotopic (exact) mass is 402 g/mol. The number of amides is 1. The summed E-state index contributed by atoms with van der Waals surface area (Å²) in [6, 6.07) is 12.8. The Morgan fingerprint density at radius 1 is 1.07 bits per heavy atom. The fourth-order valence-corrected chi connectivity index (χ4v) is 4.78. The molecule has 0 bridgehead atoms. The Labute approximate surface area is 166 Å². The lowest BCUT2D eigenvalue weighted by Gasteiger charge is -2.35. The molecular formula is C21H26N2O4S. The molecule has 0 saturated carbocycles. The molecule has 0 unspecified atom stereocenters. The average molecular weight is 403 g/mol. The number of piperidine rings is 1. The zero-order valence-electron chi connectivity index (χ0n) is 16.4. The molecule has 6 nitrogen and oxygen atoms in total. The molecule has 1 saturated heterocycles. The van der Waals surface area contributed by atoms with Gasteiger partial charge >= 0.3 is 0 Å². The normalized spacial score (nSPS) is 19.9. The van der Waals surface area contributed by atoms with Crippen molar-refractivity contribution in [3.05, 3.63) is 54.1 Å². The summed E-state index contributed by atoms with van der Waals surface area (Å²) in [5.74, 6) is 1.40. The highest BCUT2D eigenvalue weighted by molar-refractivity contribution is 7.92. The molecule has 1 aliphatic heterocycles. The lowest BCUT2D eigenvalue weighted by Crippen LogP contribution is -2.42. The molecule has 2 aromatic rings. The zero-order valence-corrected chi connectivity index (χ0v) is 17.2. The molecule has 0 aromatic heterocycles. The van der Waals surface area contributed by atoms with E-state index in [1.807, 2.05) is 4.90 Å². The highest BCUT2D eigenvalue weighted by Crippen LogP contribution is 2.24. The van der Waals surface area contributed by atoms with Crippen LogP contribution in [0.4, 0.5) is 5.69 Å². The van der Waals surface area contributed by atoms with Gasteiger partial charge in [0.05, 0.1) is 12.0 Å². The van der Waals surface area contributed by atoms with E-state index in [0.717, 1.165) is 6.42 Å². The number of sulfonamides is 1. The van der Waals surface area contributed by atoms with Crippen LogP contribution in [0.3, 0.4) is 0 Å². The Balaban J connectivity index is 1.80. The fourth-order valence-electron chi connectivity index (χ4n) is 3.68. The fraction of sp³-hybridized carbons (Fsp3) is 0.381. The number of benzene rings is 2. The van der Waals surface area contributed by atoms with Crippen LogP contribution in [-0.2, 0) is 10.0 Å². The number of nitrogens with zero attached hydrogens (tertiary/aromatic N) is 1. The van der Waals surface area contributed by atoms with E-state index in [-0.39, 0.29) is 10.8 Å². The van der Waals surface area contributed by atoms with E-state index in [2.05, 4.69) is 18.6 Å². The Kier molecular flexibility index (Phi) is 5.93. The summed E-state index contributed by atoms with van der Waals surface area (Å²) >= 11 is 0. The first-order valence-electron chi connectivity index (χ1n) is 9.34. The maximum Gasteiger partial charge on any atom is 0.261 e. The number of nitrogens with one attached hydrogen (secondary N) is 1. The molecule has 1 heterocycles. The van der Waals surface area contributed by atoms with Crippen molar-refractivity contribution in [1.29, 1.82) is 0 Å². The molecular weight excluding hydrogens is 376 g/mol. The minimum Gasteiger partial charge on any atom is -0.497 e. The second-order valence-electron chi connectivity index (χ2n) is 7.52. The average Bonchev–Trinajstić information content (AvgIpc) is 2.67. The zero-order chi connectivity index (χ0) is 20.3. The van der Waals surface area contributed by atoms with Crippen LogP contribution in [0.25, 0.3) is 0 Å². The molecule has 7 heteroatoms. The van der Waals surface area contributed by atoms with Gasteiger partial charge in [0.1, 0.15) is 5.75 Å². The highest BCUT2D eigenvalue weighted by atomic mass is 32.2. The summed E-state index contributed by atoms with van der Waals surface area (Å²) in [5, 5.41) is 0. The van der Waals surface area contributed by atoms with Crippen molar-refractivity contribution in [3.63, 3.8) is 0 Å². The van der Waals surface area contributed by atoms with Crippen LogP contribution in [0.5, 0.6) is 5.75 Å². The SMILES string of the molecule is COc1ccc(NS(=O)(=O)c2cccc(C(=O)N3C[C@@H](C)C[C@H](C)C3)c2)cc1. The van der Waals surface area contributed by atoms with Crippen molar-refractivity contribution >= 4 is 21.6 Å². The van der Waals surface area contributed by atoms with E-state index in [9.17, 15) is 13.2 Å². The number of hydrogen-bond acceptors (Lipinski definition) is 4. The summed E-state index contributed by atoms with van der Waals surface area (Å²) in [7, 11) is -2.26. The Hall–Kier alpha value is -2.54. The maximum atomic E-state index is 12.9. The van der Waals surface area contributed by atoms with E-state index in [1.165, 1.54) is 12.1 Å². The first-order valence-corrected chi connectivity index (χ1v) is 10.8. The van der Waals surface area contributed by atoms with Gasteiger partial charge in [-0.05, 0) is 60.7 Å². The third-order valence-corrected chi connectivity index (χ3v) is 6.27. The largest absolute Gasteiger partial charge is 0.497 e. The molecule has 2 aromatic carbocycles. The van der Waals surface area contributed by atoms with E-state index in [4.69, 9.17) is 4.74 Å². The number of methoxy groups -OCH3 is 1. The van der Waals surface area contributed by atoms with E-state index < -0.39 is 10.0 Å². The Morgan fingerprint density at radius 3 is 2.32 bits per heavy atom. The van der Waals surface area contributed by atoms with Crippen LogP contribution < -0.4 is 9.46 Å². The van der Waals surface area contributed by atoms with Gasteiger partial charge in [0.2, 0.25) is 0 Å². The minimum absolute atomic E-state index is 0.0623. The number of carbonyl (C=O) groups is 1. The maximum absolute atomic E-state index is 12.9. The van der Waals surface area contributed by atoms with Gasteiger partial charge in [-0.15, -0.1) is 0 Å². The van der Waals surface area contributed by atoms with Gasteiger partial charge in [0.25, 0.3) is 15.9 Å². The predicted molar refractivity (Wildman–Crippen MR) is 109 cm³/mol. The number of anilines is 1. The predicted octanol–water partition coefficient (Wildman–Crippen LogP) is 3.61. The Bertz CT molecular complexity index is 931. The second kappa shape index (κ2) is 8.22. The van der Waals surface area contributed by atoms with Gasteiger partial charge in [-0.3, -0.25) is 9.52 Å². The number of hydrogen-bond donors (Lipinski definition) is 1. The van der Waals surface area contributed by atoms with Gasteiger partial charge in [0.15, 0.2) is 0 Å². The second-order valence-corrected chi connectivity index (χ2v) is 9.20. The number of carbonyl (C=O) groups excluding carboxylic acids is 1. The molecule has 3 rings (SSSR count). The van der Waals surface area contributed by atoms with Crippen LogP contribution in [0.1, 0.15) is 30.6 Å². The smallest absolute Gasteiger partial charge is 0.261 e. The van der Waals surface area contributed by atoms with Crippen LogP contribution in [0.2, 0.25) is 0 Å². The molecule has 0 aliphatic carbocycles. The van der Waals surface area contributed by atoms with E-state index in [0.29, 0.717) is 41.9 Å².